The van der Waals surface area contributed by atoms with Crippen LogP contribution >= 0.6 is 0 Å². The molecule has 1 aromatic heterocycles. The number of pyridine rings is 1. The number of methoxy groups -OCH3 is 1. The molecule has 2 aliphatic rings. The van der Waals surface area contributed by atoms with Gasteiger partial charge in [0.05, 0.1) is 30.9 Å². The van der Waals surface area contributed by atoms with Crippen LogP contribution in [-0.2, 0) is 0 Å². The van der Waals surface area contributed by atoms with Gasteiger partial charge in [0.25, 0.3) is 6.43 Å². The fourth-order valence-corrected chi connectivity index (χ4v) is 4.67. The van der Waals surface area contributed by atoms with E-state index in [0.29, 0.717) is 40.4 Å². The number of aromatic nitrogens is 5. The Morgan fingerprint density at radius 3 is 2.29 bits per heavy atom. The Morgan fingerprint density at radius 1 is 0.947 bits per heavy atom. The third-order valence-corrected chi connectivity index (χ3v) is 6.69. The van der Waals surface area contributed by atoms with Crippen LogP contribution in [0.2, 0.25) is 0 Å². The summed E-state index contributed by atoms with van der Waals surface area (Å²) >= 11 is 0. The van der Waals surface area contributed by atoms with Crippen molar-refractivity contribution < 1.29 is 22.3 Å². The highest BCUT2D eigenvalue weighted by Gasteiger charge is 2.27. The zero-order chi connectivity index (χ0) is 27.1. The van der Waals surface area contributed by atoms with E-state index in [4.69, 9.17) is 4.74 Å². The molecule has 0 N–H and O–H groups in total. The first kappa shape index (κ1) is 25.4. The number of benzene rings is 2. The van der Waals surface area contributed by atoms with Crippen LogP contribution in [0.5, 0.6) is 5.75 Å². The van der Waals surface area contributed by atoms with Crippen molar-refractivity contribution in [1.29, 1.82) is 0 Å². The summed E-state index contributed by atoms with van der Waals surface area (Å²) in [4.78, 5) is 4.25. The summed E-state index contributed by atoms with van der Waals surface area (Å²) in [7, 11) is 1.54. The van der Waals surface area contributed by atoms with Crippen LogP contribution in [0.25, 0.3) is 28.3 Å². The molecule has 0 saturated heterocycles. The van der Waals surface area contributed by atoms with Gasteiger partial charge in [-0.2, -0.15) is 0 Å². The van der Waals surface area contributed by atoms with Crippen molar-refractivity contribution in [1.82, 2.24) is 24.3 Å². The predicted octanol–water partition coefficient (Wildman–Crippen LogP) is 7.08. The Bertz CT molecular complexity index is 1570. The lowest BCUT2D eigenvalue weighted by Gasteiger charge is -2.24. The smallest absolute Gasteiger partial charge is 0.265 e. The molecule has 0 bridgehead atoms. The molecule has 5 rings (SSSR count). The second-order valence-corrected chi connectivity index (χ2v) is 9.11. The van der Waals surface area contributed by atoms with E-state index in [0.717, 1.165) is 11.4 Å². The average Bonchev–Trinajstić information content (AvgIpc) is 3.53. The molecular formula is C28H25F4N5O. The Balaban J connectivity index is 1.64. The van der Waals surface area contributed by atoms with Crippen molar-refractivity contribution in [3.8, 4) is 34.1 Å². The number of hydrogen-bond acceptors (Lipinski definition) is 4. The lowest BCUT2D eigenvalue weighted by Crippen LogP contribution is -2.15. The van der Waals surface area contributed by atoms with Gasteiger partial charge in [-0.1, -0.05) is 13.0 Å². The largest absolute Gasteiger partial charge is 0.495 e. The average molecular weight is 524 g/mol. The van der Waals surface area contributed by atoms with Gasteiger partial charge in [-0.25, -0.2) is 22.5 Å². The van der Waals surface area contributed by atoms with Gasteiger partial charge in [-0.15, -0.1) is 10.2 Å². The fourth-order valence-electron chi connectivity index (χ4n) is 4.67. The SMILES string of the molecule is CCC(c1cc(F)c(C)c(F)c1)n1cc(C(F)F)cc2c(-c3ccc(-n4cnc(C)c4)c(OC)c3)nnc1-2. The molecule has 1 unspecified atom stereocenters. The maximum Gasteiger partial charge on any atom is 0.265 e. The summed E-state index contributed by atoms with van der Waals surface area (Å²) in [5.41, 5.74) is 2.95. The van der Waals surface area contributed by atoms with Crippen molar-refractivity contribution >= 4 is 0 Å². The Kier molecular flexibility index (Phi) is 6.64. The highest BCUT2D eigenvalue weighted by atomic mass is 19.3. The molecule has 0 radical (unpaired) electrons. The van der Waals surface area contributed by atoms with Crippen LogP contribution in [0.1, 0.15) is 48.2 Å². The molecule has 6 nitrogen and oxygen atoms in total. The van der Waals surface area contributed by atoms with E-state index in [1.807, 2.05) is 30.7 Å². The van der Waals surface area contributed by atoms with Gasteiger partial charge in [-0.05, 0) is 56.2 Å². The quantitative estimate of drug-likeness (QED) is 0.214. The monoisotopic (exact) mass is 523 g/mol. The van der Waals surface area contributed by atoms with E-state index in [1.165, 1.54) is 43.0 Å². The van der Waals surface area contributed by atoms with E-state index in [1.54, 1.807) is 18.5 Å². The summed E-state index contributed by atoms with van der Waals surface area (Å²) in [6, 6.07) is 8.57. The number of aryl methyl sites for hydroxylation is 1. The molecule has 0 fully saturated rings. The normalized spacial score (nSPS) is 12.4. The summed E-state index contributed by atoms with van der Waals surface area (Å²) in [5, 5.41) is 8.65. The number of imidazole rings is 1. The van der Waals surface area contributed by atoms with E-state index in [9.17, 15) is 17.6 Å². The van der Waals surface area contributed by atoms with Crippen LogP contribution in [0.15, 0.2) is 55.1 Å². The number of halogens is 4. The van der Waals surface area contributed by atoms with Gasteiger partial charge in [0.15, 0.2) is 5.82 Å². The summed E-state index contributed by atoms with van der Waals surface area (Å²) in [5.74, 6) is -0.540. The van der Waals surface area contributed by atoms with Crippen LogP contribution in [0.4, 0.5) is 17.6 Å². The molecule has 2 aliphatic heterocycles. The molecule has 2 aromatic carbocycles. The molecule has 3 heterocycles. The van der Waals surface area contributed by atoms with Gasteiger partial charge in [0.2, 0.25) is 0 Å². The van der Waals surface area contributed by atoms with E-state index in [2.05, 4.69) is 15.2 Å². The fraction of sp³-hybridized carbons (Fsp3) is 0.250. The molecular weight excluding hydrogens is 498 g/mol. The van der Waals surface area contributed by atoms with Crippen LogP contribution in [0, 0.1) is 25.5 Å². The minimum Gasteiger partial charge on any atom is -0.495 e. The zero-order valence-corrected chi connectivity index (χ0v) is 21.2. The second kappa shape index (κ2) is 9.92. The number of ether oxygens (including phenoxy) is 1. The maximum absolute atomic E-state index is 14.4. The van der Waals surface area contributed by atoms with Crippen molar-refractivity contribution in [3.63, 3.8) is 0 Å². The molecule has 1 atom stereocenters. The molecule has 38 heavy (non-hydrogen) atoms. The third-order valence-electron chi connectivity index (χ3n) is 6.69. The number of nitrogens with zero attached hydrogens (tertiary/aromatic N) is 5. The first-order valence-electron chi connectivity index (χ1n) is 12.0. The van der Waals surface area contributed by atoms with Crippen LogP contribution in [0.3, 0.4) is 0 Å². The molecule has 0 aliphatic carbocycles. The van der Waals surface area contributed by atoms with E-state index in [-0.39, 0.29) is 11.1 Å². The molecule has 3 aromatic rings. The minimum atomic E-state index is -2.78. The summed E-state index contributed by atoms with van der Waals surface area (Å²) < 4.78 is 65.8. The van der Waals surface area contributed by atoms with Gasteiger partial charge in [-0.3, -0.25) is 0 Å². The molecule has 0 amide bonds. The topological polar surface area (TPSA) is 57.8 Å². The van der Waals surface area contributed by atoms with Crippen LogP contribution in [-0.4, -0.2) is 31.4 Å². The molecule has 0 saturated carbocycles. The molecule has 196 valence electrons. The van der Waals surface area contributed by atoms with Gasteiger partial charge >= 0.3 is 0 Å². The maximum atomic E-state index is 14.4. The highest BCUT2D eigenvalue weighted by Crippen LogP contribution is 2.40. The Labute approximate surface area is 216 Å². The number of alkyl halides is 2. The number of rotatable bonds is 7. The van der Waals surface area contributed by atoms with Gasteiger partial charge in [0.1, 0.15) is 23.1 Å². The third kappa shape index (κ3) is 4.40. The second-order valence-electron chi connectivity index (χ2n) is 9.11. The standard InChI is InChI=1S/C28H25F4N5O/c1-5-23(18-9-21(29)16(3)22(30)10-18)37-13-19(27(31)32)8-20-26(34-35-28(20)37)17-6-7-24(25(11-17)38-4)36-12-15(2)33-14-36/h6-14,23,27H,5H2,1-4H3. The van der Waals surface area contributed by atoms with Crippen molar-refractivity contribution in [2.24, 2.45) is 0 Å². The Morgan fingerprint density at radius 2 is 1.68 bits per heavy atom. The van der Waals surface area contributed by atoms with Crippen molar-refractivity contribution in [2.75, 3.05) is 7.11 Å². The lowest BCUT2D eigenvalue weighted by molar-refractivity contribution is 0.150. The van der Waals surface area contributed by atoms with Gasteiger partial charge in [0, 0.05) is 34.6 Å². The summed E-state index contributed by atoms with van der Waals surface area (Å²) in [6.45, 7) is 5.04. The molecule has 10 heteroatoms. The number of hydrogen-bond donors (Lipinski definition) is 0. The van der Waals surface area contributed by atoms with Crippen molar-refractivity contribution in [3.05, 3.63) is 89.1 Å². The minimum absolute atomic E-state index is 0.0984. The summed E-state index contributed by atoms with van der Waals surface area (Å²) in [6.07, 6.45) is 2.40. The Hall–Kier alpha value is -4.21. The first-order valence-corrected chi connectivity index (χ1v) is 12.0. The number of fused-ring (bicyclic) bond motifs is 1. The first-order chi connectivity index (χ1) is 18.2. The molecule has 0 spiro atoms. The van der Waals surface area contributed by atoms with E-state index < -0.39 is 24.1 Å². The van der Waals surface area contributed by atoms with Crippen LogP contribution < -0.4 is 4.74 Å². The zero-order valence-electron chi connectivity index (χ0n) is 21.2. The highest BCUT2D eigenvalue weighted by molar-refractivity contribution is 5.80. The van der Waals surface area contributed by atoms with E-state index >= 15 is 0 Å². The predicted molar refractivity (Wildman–Crippen MR) is 135 cm³/mol. The van der Waals surface area contributed by atoms with Crippen molar-refractivity contribution in [2.45, 2.75) is 39.7 Å². The van der Waals surface area contributed by atoms with Gasteiger partial charge < -0.3 is 13.9 Å². The lowest BCUT2D eigenvalue weighted by atomic mass is 9.99.